The summed E-state index contributed by atoms with van der Waals surface area (Å²) in [5.41, 5.74) is 4.20. The number of hydrogen-bond acceptors (Lipinski definition) is 13. The number of H-pyrrole nitrogens is 1. The Morgan fingerprint density at radius 3 is 2.12 bits per heavy atom. The summed E-state index contributed by atoms with van der Waals surface area (Å²) in [5.74, 6) is -0.394. The smallest absolute Gasteiger partial charge is 0.338 e. The lowest BCUT2D eigenvalue weighted by atomic mass is 9.63. The molecule has 0 bridgehead atoms. The largest absolute Gasteiger partial charge is 0.497 e. The van der Waals surface area contributed by atoms with Crippen LogP contribution in [0.25, 0.3) is 10.9 Å². The summed E-state index contributed by atoms with van der Waals surface area (Å²) in [6.07, 6.45) is 0.463. The molecule has 0 radical (unpaired) electrons. The molecule has 14 nitrogen and oxygen atoms in total. The molecule has 1 aliphatic carbocycles. The van der Waals surface area contributed by atoms with Crippen molar-refractivity contribution in [3.63, 3.8) is 0 Å². The van der Waals surface area contributed by atoms with Crippen molar-refractivity contribution in [3.8, 4) is 34.5 Å². The zero-order valence-electron chi connectivity index (χ0n) is 32.7. The van der Waals surface area contributed by atoms with E-state index in [-0.39, 0.29) is 47.1 Å². The van der Waals surface area contributed by atoms with Crippen molar-refractivity contribution in [2.24, 2.45) is 17.8 Å². The summed E-state index contributed by atoms with van der Waals surface area (Å²) >= 11 is 0. The Hall–Kier alpha value is -5.47. The van der Waals surface area contributed by atoms with E-state index < -0.39 is 36.0 Å². The predicted molar refractivity (Wildman–Crippen MR) is 203 cm³/mol. The van der Waals surface area contributed by atoms with Gasteiger partial charge in [0, 0.05) is 48.9 Å². The highest BCUT2D eigenvalue weighted by atomic mass is 16.6. The Kier molecular flexibility index (Phi) is 11.3. The average molecular weight is 773 g/mol. The predicted octanol–water partition coefficient (Wildman–Crippen LogP) is 5.33. The van der Waals surface area contributed by atoms with Crippen LogP contribution in [0.3, 0.4) is 0 Å². The number of methoxy groups -OCH3 is 7. The van der Waals surface area contributed by atoms with E-state index in [1.807, 2.05) is 12.1 Å². The third-order valence-corrected chi connectivity index (χ3v) is 11.5. The first-order chi connectivity index (χ1) is 27.1. The molecule has 0 unspecified atom stereocenters. The molecule has 3 aromatic carbocycles. The minimum absolute atomic E-state index is 0.00277. The monoisotopic (exact) mass is 772 g/mol. The average Bonchev–Trinajstić information content (AvgIpc) is 3.60. The van der Waals surface area contributed by atoms with E-state index in [1.54, 1.807) is 25.3 Å². The van der Waals surface area contributed by atoms with Gasteiger partial charge in [-0.3, -0.25) is 14.5 Å². The number of benzene rings is 3. The maximum atomic E-state index is 13.9. The van der Waals surface area contributed by atoms with Gasteiger partial charge in [-0.1, -0.05) is 0 Å². The standard InChI is InChI=1S/C42H48N2O12/c1-48-25-8-9-28-29-10-11-44-21-24-17-35(40(53-6)37(42(47)54-7)30(24)20-32(44)38(29)43-31(28)19-25)55-41(46)23-15-33(51-4)39(34(16-23)52-5)56-36(45)14-22-12-26(49-2)18-27(13-22)50-3/h8-9,12-13,15-16,18-19,24,30,32,35,37,40,43H,10-11,14,17,20-21H2,1-7H3/t24-,30+,32-,35-,37+,40+/m1/s1. The van der Waals surface area contributed by atoms with Gasteiger partial charge >= 0.3 is 17.9 Å². The van der Waals surface area contributed by atoms with Crippen molar-refractivity contribution >= 4 is 28.8 Å². The van der Waals surface area contributed by atoms with Crippen molar-refractivity contribution in [2.45, 2.75) is 43.9 Å². The number of piperidine rings is 1. The molecule has 2 fully saturated rings. The van der Waals surface area contributed by atoms with Crippen LogP contribution < -0.4 is 28.4 Å². The molecule has 3 aliphatic rings. The molecule has 14 heteroatoms. The highest BCUT2D eigenvalue weighted by Gasteiger charge is 2.54. The fourth-order valence-corrected chi connectivity index (χ4v) is 8.95. The van der Waals surface area contributed by atoms with E-state index >= 15 is 0 Å². The first-order valence-electron chi connectivity index (χ1n) is 18.6. The van der Waals surface area contributed by atoms with Crippen LogP contribution in [-0.2, 0) is 36.6 Å². The third-order valence-electron chi connectivity index (χ3n) is 11.5. The molecular formula is C42H48N2O12. The number of rotatable bonds is 12. The molecule has 1 saturated carbocycles. The van der Waals surface area contributed by atoms with Crippen molar-refractivity contribution in [1.82, 2.24) is 9.88 Å². The summed E-state index contributed by atoms with van der Waals surface area (Å²) < 4.78 is 50.6. The number of fused-ring (bicyclic) bond motifs is 6. The lowest BCUT2D eigenvalue weighted by Gasteiger charge is -2.52. The summed E-state index contributed by atoms with van der Waals surface area (Å²) in [6.45, 7) is 1.58. The second-order valence-electron chi connectivity index (χ2n) is 14.4. The number of carbonyl (C=O) groups excluding carboxylic acids is 3. The van der Waals surface area contributed by atoms with Crippen LogP contribution in [0.4, 0.5) is 0 Å². The number of nitrogens with one attached hydrogen (secondary N) is 1. The van der Waals surface area contributed by atoms with Gasteiger partial charge in [-0.05, 0) is 78.6 Å². The van der Waals surface area contributed by atoms with Gasteiger partial charge in [0.1, 0.15) is 29.5 Å². The molecule has 2 aliphatic heterocycles. The van der Waals surface area contributed by atoms with Gasteiger partial charge in [0.05, 0.1) is 66.6 Å². The number of hydrogen-bond donors (Lipinski definition) is 1. The molecule has 298 valence electrons. The molecule has 6 atom stereocenters. The van der Waals surface area contributed by atoms with Crippen molar-refractivity contribution in [3.05, 3.63) is 70.9 Å². The molecule has 1 saturated heterocycles. The lowest BCUT2D eigenvalue weighted by Crippen LogP contribution is -2.58. The highest BCUT2D eigenvalue weighted by Crippen LogP contribution is 2.51. The van der Waals surface area contributed by atoms with Crippen molar-refractivity contribution in [1.29, 1.82) is 0 Å². The Bertz CT molecular complexity index is 2070. The molecule has 4 aromatic rings. The Morgan fingerprint density at radius 1 is 0.804 bits per heavy atom. The zero-order chi connectivity index (χ0) is 39.7. The number of ether oxygens (including phenoxy) is 9. The van der Waals surface area contributed by atoms with Crippen LogP contribution in [0.5, 0.6) is 34.5 Å². The molecule has 1 N–H and O–H groups in total. The van der Waals surface area contributed by atoms with Crippen LogP contribution >= 0.6 is 0 Å². The quantitative estimate of drug-likeness (QED) is 0.146. The second-order valence-corrected chi connectivity index (χ2v) is 14.4. The highest BCUT2D eigenvalue weighted by molar-refractivity contribution is 5.92. The fraction of sp³-hybridized carbons (Fsp3) is 0.452. The van der Waals surface area contributed by atoms with Crippen LogP contribution in [0.2, 0.25) is 0 Å². The number of aromatic nitrogens is 1. The number of esters is 3. The van der Waals surface area contributed by atoms with Crippen molar-refractivity contribution < 1.29 is 57.0 Å². The Balaban J connectivity index is 1.11. The molecule has 3 heterocycles. The second kappa shape index (κ2) is 16.3. The fourth-order valence-electron chi connectivity index (χ4n) is 8.95. The van der Waals surface area contributed by atoms with Crippen LogP contribution in [0, 0.1) is 17.8 Å². The van der Waals surface area contributed by atoms with Crippen LogP contribution in [0.1, 0.15) is 46.1 Å². The maximum Gasteiger partial charge on any atom is 0.338 e. The lowest BCUT2D eigenvalue weighted by molar-refractivity contribution is -0.176. The Labute approximate surface area is 325 Å². The number of carbonyl (C=O) groups is 3. The van der Waals surface area contributed by atoms with Gasteiger partial charge in [-0.25, -0.2) is 4.79 Å². The minimum Gasteiger partial charge on any atom is -0.497 e. The van der Waals surface area contributed by atoms with E-state index in [1.165, 1.54) is 71.4 Å². The summed E-state index contributed by atoms with van der Waals surface area (Å²) in [4.78, 5) is 46.9. The van der Waals surface area contributed by atoms with E-state index in [9.17, 15) is 14.4 Å². The van der Waals surface area contributed by atoms with Gasteiger partial charge in [0.15, 0.2) is 11.5 Å². The molecule has 7 rings (SSSR count). The molecule has 56 heavy (non-hydrogen) atoms. The van der Waals surface area contributed by atoms with Crippen molar-refractivity contribution in [2.75, 3.05) is 62.9 Å². The molecular weight excluding hydrogens is 724 g/mol. The Morgan fingerprint density at radius 2 is 1.50 bits per heavy atom. The zero-order valence-corrected chi connectivity index (χ0v) is 32.7. The molecule has 0 amide bonds. The third kappa shape index (κ3) is 7.30. The van der Waals surface area contributed by atoms with Crippen LogP contribution in [0.15, 0.2) is 48.5 Å². The topological polar surface area (TPSA) is 153 Å². The van der Waals surface area contributed by atoms with E-state index in [0.29, 0.717) is 29.9 Å². The minimum atomic E-state index is -0.760. The van der Waals surface area contributed by atoms with E-state index in [2.05, 4.69) is 16.0 Å². The first-order valence-corrected chi connectivity index (χ1v) is 18.6. The maximum absolute atomic E-state index is 13.9. The van der Waals surface area contributed by atoms with E-state index in [4.69, 9.17) is 42.6 Å². The summed E-state index contributed by atoms with van der Waals surface area (Å²) in [7, 11) is 10.4. The summed E-state index contributed by atoms with van der Waals surface area (Å²) in [5, 5.41) is 1.19. The summed E-state index contributed by atoms with van der Waals surface area (Å²) in [6, 6.07) is 14.2. The number of aromatic amines is 1. The van der Waals surface area contributed by atoms with Gasteiger partial charge in [0.2, 0.25) is 5.75 Å². The molecule has 1 aromatic heterocycles. The van der Waals surface area contributed by atoms with Gasteiger partial charge in [-0.2, -0.15) is 0 Å². The number of nitrogens with zero attached hydrogens (tertiary/aromatic N) is 1. The van der Waals surface area contributed by atoms with Gasteiger partial charge in [0.25, 0.3) is 0 Å². The van der Waals surface area contributed by atoms with Gasteiger partial charge < -0.3 is 47.6 Å². The SMILES string of the molecule is COC(=O)[C@H]1[C@H]2C[C@@H]3c4[nH]c5cc(OC)ccc5c4CCN3C[C@H]2C[C@@H](OC(=O)c2cc(OC)c(OC(=O)Cc3cc(OC)cc(OC)c3)c(OC)c2)[C@@H]1OC. The van der Waals surface area contributed by atoms with Gasteiger partial charge in [-0.15, -0.1) is 0 Å². The van der Waals surface area contributed by atoms with Crippen LogP contribution in [-0.4, -0.2) is 103 Å². The molecule has 0 spiro atoms. The first kappa shape index (κ1) is 38.8. The van der Waals surface area contributed by atoms with E-state index in [0.717, 1.165) is 30.8 Å². The normalized spacial score (nSPS) is 22.8.